The van der Waals surface area contributed by atoms with E-state index in [-0.39, 0.29) is 16.2 Å². The minimum absolute atomic E-state index is 0.163. The van der Waals surface area contributed by atoms with E-state index in [1.54, 1.807) is 6.07 Å². The molecule has 0 bridgehead atoms. The minimum Gasteiger partial charge on any atom is -0.313 e. The van der Waals surface area contributed by atoms with E-state index in [0.717, 1.165) is 24.9 Å². The maximum absolute atomic E-state index is 13.1. The maximum Gasteiger partial charge on any atom is 0.142 e. The number of hydrogen-bond donors (Lipinski definition) is 1. The quantitative estimate of drug-likeness (QED) is 0.605. The molecular formula is C12H16Cl2FN. The molecule has 4 heteroatoms. The van der Waals surface area contributed by atoms with Crippen LogP contribution in [0.1, 0.15) is 25.3 Å². The Morgan fingerprint density at radius 1 is 1.44 bits per heavy atom. The van der Waals surface area contributed by atoms with Crippen molar-refractivity contribution in [2.75, 3.05) is 6.54 Å². The molecule has 0 aliphatic carbocycles. The van der Waals surface area contributed by atoms with Gasteiger partial charge in [0.1, 0.15) is 5.82 Å². The Labute approximate surface area is 106 Å². The molecule has 90 valence electrons. The van der Waals surface area contributed by atoms with E-state index in [4.69, 9.17) is 23.2 Å². The summed E-state index contributed by atoms with van der Waals surface area (Å²) in [5, 5.41) is 3.60. The summed E-state index contributed by atoms with van der Waals surface area (Å²) < 4.78 is 13.1. The summed E-state index contributed by atoms with van der Waals surface area (Å²) >= 11 is 11.6. The van der Waals surface area contributed by atoms with E-state index in [2.05, 4.69) is 12.2 Å². The molecule has 1 atom stereocenters. The summed E-state index contributed by atoms with van der Waals surface area (Å²) in [5.74, 6) is -0.371. The van der Waals surface area contributed by atoms with E-state index >= 15 is 0 Å². The molecule has 0 heterocycles. The van der Waals surface area contributed by atoms with Gasteiger partial charge in [0.25, 0.3) is 0 Å². The lowest BCUT2D eigenvalue weighted by molar-refractivity contribution is 0.607. The summed E-state index contributed by atoms with van der Waals surface area (Å²) in [6, 6.07) is 4.84. The molecule has 0 spiro atoms. The van der Waals surface area contributed by atoms with Crippen LogP contribution in [-0.4, -0.2) is 11.9 Å². The van der Waals surface area contributed by atoms with Crippen molar-refractivity contribution < 1.29 is 4.39 Å². The van der Waals surface area contributed by atoms with Crippen molar-refractivity contribution in [1.29, 1.82) is 0 Å². The van der Waals surface area contributed by atoms with Crippen molar-refractivity contribution in [3.63, 3.8) is 0 Å². The van der Waals surface area contributed by atoms with Crippen LogP contribution in [0.3, 0.4) is 0 Å². The standard InChI is InChI=1S/C12H16Cl2FN/c1-2-10(13)5-6-16-8-9-3-4-11(14)12(15)7-9/h3-4,7,10,16H,2,5-6,8H2,1H3. The number of nitrogens with one attached hydrogen (secondary N) is 1. The predicted octanol–water partition coefficient (Wildman–Crippen LogP) is 3.98. The Bertz CT molecular complexity index is 331. The lowest BCUT2D eigenvalue weighted by atomic mass is 10.2. The van der Waals surface area contributed by atoms with Gasteiger partial charge >= 0.3 is 0 Å². The van der Waals surface area contributed by atoms with Crippen LogP contribution in [0.4, 0.5) is 4.39 Å². The molecular weight excluding hydrogens is 248 g/mol. The average Bonchev–Trinajstić information content (AvgIpc) is 2.28. The second-order valence-electron chi connectivity index (χ2n) is 3.72. The molecule has 0 aromatic heterocycles. The zero-order valence-electron chi connectivity index (χ0n) is 9.27. The molecule has 0 amide bonds. The first-order chi connectivity index (χ1) is 7.63. The van der Waals surface area contributed by atoms with Crippen molar-refractivity contribution >= 4 is 23.2 Å². The smallest absolute Gasteiger partial charge is 0.142 e. The molecule has 1 rings (SSSR count). The van der Waals surface area contributed by atoms with Crippen LogP contribution in [-0.2, 0) is 6.54 Å². The molecule has 0 aliphatic rings. The molecule has 1 aromatic carbocycles. The van der Waals surface area contributed by atoms with Gasteiger partial charge in [-0.2, -0.15) is 0 Å². The second kappa shape index (κ2) is 7.10. The fourth-order valence-corrected chi connectivity index (χ4v) is 1.57. The third-order valence-electron chi connectivity index (χ3n) is 2.39. The van der Waals surface area contributed by atoms with Gasteiger partial charge in [0.2, 0.25) is 0 Å². The second-order valence-corrected chi connectivity index (χ2v) is 4.74. The Morgan fingerprint density at radius 3 is 2.81 bits per heavy atom. The fraction of sp³-hybridized carbons (Fsp3) is 0.500. The van der Waals surface area contributed by atoms with E-state index in [1.807, 2.05) is 6.07 Å². The summed E-state index contributed by atoms with van der Waals surface area (Å²) in [4.78, 5) is 0. The SMILES string of the molecule is CCC(Cl)CCNCc1ccc(Cl)c(F)c1. The van der Waals surface area contributed by atoms with Gasteiger partial charge in [-0.15, -0.1) is 11.6 Å². The van der Waals surface area contributed by atoms with Gasteiger partial charge in [0, 0.05) is 11.9 Å². The van der Waals surface area contributed by atoms with Gasteiger partial charge < -0.3 is 5.32 Å². The number of rotatable bonds is 6. The lowest BCUT2D eigenvalue weighted by Gasteiger charge is -2.08. The first kappa shape index (κ1) is 13.8. The van der Waals surface area contributed by atoms with E-state index in [0.29, 0.717) is 6.54 Å². The fourth-order valence-electron chi connectivity index (χ4n) is 1.35. The molecule has 0 saturated heterocycles. The van der Waals surface area contributed by atoms with Gasteiger partial charge in [-0.25, -0.2) is 4.39 Å². The first-order valence-electron chi connectivity index (χ1n) is 5.42. The molecule has 0 fully saturated rings. The van der Waals surface area contributed by atoms with Gasteiger partial charge in [0.15, 0.2) is 0 Å². The molecule has 0 radical (unpaired) electrons. The Hall–Kier alpha value is -0.310. The zero-order valence-corrected chi connectivity index (χ0v) is 10.8. The number of alkyl halides is 1. The van der Waals surface area contributed by atoms with Crippen LogP contribution < -0.4 is 5.32 Å². The lowest BCUT2D eigenvalue weighted by Crippen LogP contribution is -2.17. The average molecular weight is 264 g/mol. The Morgan fingerprint density at radius 2 is 2.19 bits per heavy atom. The predicted molar refractivity (Wildman–Crippen MR) is 67.7 cm³/mol. The topological polar surface area (TPSA) is 12.0 Å². The minimum atomic E-state index is -0.371. The van der Waals surface area contributed by atoms with Crippen LogP contribution >= 0.6 is 23.2 Å². The normalized spacial score (nSPS) is 12.8. The molecule has 1 nitrogen and oxygen atoms in total. The monoisotopic (exact) mass is 263 g/mol. The molecule has 16 heavy (non-hydrogen) atoms. The van der Waals surface area contributed by atoms with Crippen molar-refractivity contribution in [3.05, 3.63) is 34.6 Å². The van der Waals surface area contributed by atoms with Gasteiger partial charge in [-0.1, -0.05) is 24.6 Å². The van der Waals surface area contributed by atoms with Gasteiger partial charge in [-0.3, -0.25) is 0 Å². The summed E-state index contributed by atoms with van der Waals surface area (Å²) in [6.07, 6.45) is 1.90. The van der Waals surface area contributed by atoms with Crippen molar-refractivity contribution in [3.8, 4) is 0 Å². The number of benzene rings is 1. The first-order valence-corrected chi connectivity index (χ1v) is 6.23. The highest BCUT2D eigenvalue weighted by Gasteiger charge is 2.02. The van der Waals surface area contributed by atoms with Crippen LogP contribution in [0.25, 0.3) is 0 Å². The summed E-state index contributed by atoms with van der Waals surface area (Å²) in [5.41, 5.74) is 0.893. The van der Waals surface area contributed by atoms with E-state index < -0.39 is 0 Å². The maximum atomic E-state index is 13.1. The summed E-state index contributed by atoms with van der Waals surface area (Å²) in [6.45, 7) is 3.54. The third kappa shape index (κ3) is 4.69. The highest BCUT2D eigenvalue weighted by Crippen LogP contribution is 2.15. The van der Waals surface area contributed by atoms with Crippen LogP contribution in [0.5, 0.6) is 0 Å². The highest BCUT2D eigenvalue weighted by atomic mass is 35.5. The number of hydrogen-bond acceptors (Lipinski definition) is 1. The van der Waals surface area contributed by atoms with Crippen molar-refractivity contribution in [2.24, 2.45) is 0 Å². The van der Waals surface area contributed by atoms with Crippen LogP contribution in [0.15, 0.2) is 18.2 Å². The van der Waals surface area contributed by atoms with Crippen molar-refractivity contribution in [2.45, 2.75) is 31.7 Å². The zero-order chi connectivity index (χ0) is 12.0. The van der Waals surface area contributed by atoms with Crippen LogP contribution in [0, 0.1) is 5.82 Å². The van der Waals surface area contributed by atoms with E-state index in [9.17, 15) is 4.39 Å². The molecule has 1 aromatic rings. The van der Waals surface area contributed by atoms with E-state index in [1.165, 1.54) is 6.07 Å². The van der Waals surface area contributed by atoms with Gasteiger partial charge in [-0.05, 0) is 37.1 Å². The van der Waals surface area contributed by atoms with Crippen molar-refractivity contribution in [1.82, 2.24) is 5.32 Å². The summed E-state index contributed by atoms with van der Waals surface area (Å²) in [7, 11) is 0. The largest absolute Gasteiger partial charge is 0.313 e. The molecule has 1 N–H and O–H groups in total. The highest BCUT2D eigenvalue weighted by molar-refractivity contribution is 6.30. The third-order valence-corrected chi connectivity index (χ3v) is 3.22. The Kier molecular flexibility index (Phi) is 6.10. The van der Waals surface area contributed by atoms with Crippen LogP contribution in [0.2, 0.25) is 5.02 Å². The molecule has 0 saturated carbocycles. The number of halogens is 3. The Balaban J connectivity index is 2.29. The van der Waals surface area contributed by atoms with Gasteiger partial charge in [0.05, 0.1) is 5.02 Å². The molecule has 0 aliphatic heterocycles. The molecule has 1 unspecified atom stereocenters.